The van der Waals surface area contributed by atoms with E-state index >= 15 is 0 Å². The van der Waals surface area contributed by atoms with E-state index in [0.717, 1.165) is 24.1 Å². The zero-order valence-corrected chi connectivity index (χ0v) is 10.9. The fourth-order valence-corrected chi connectivity index (χ4v) is 1.82. The molecule has 1 amide bonds. The zero-order chi connectivity index (χ0) is 13.1. The fraction of sp³-hybridized carbons (Fsp3) is 0.500. The van der Waals surface area contributed by atoms with Gasteiger partial charge in [-0.25, -0.2) is 0 Å². The summed E-state index contributed by atoms with van der Waals surface area (Å²) < 4.78 is 0. The minimum Gasteiger partial charge on any atom is -0.389 e. The first-order valence-corrected chi connectivity index (χ1v) is 6.35. The van der Waals surface area contributed by atoms with Gasteiger partial charge in [0.1, 0.15) is 0 Å². The molecular formula is C14H20N2O2. The second-order valence-electron chi connectivity index (χ2n) is 4.97. The van der Waals surface area contributed by atoms with Crippen LogP contribution in [0.3, 0.4) is 0 Å². The maximum Gasteiger partial charge on any atom is 0.239 e. The number of rotatable bonds is 5. The SMILES string of the molecule is CC(O)c1ccc(N(C)CC(=O)NC2CC2)cc1. The maximum absolute atomic E-state index is 11.7. The van der Waals surface area contributed by atoms with Gasteiger partial charge in [0.15, 0.2) is 0 Å². The summed E-state index contributed by atoms with van der Waals surface area (Å²) in [4.78, 5) is 13.6. The molecule has 0 aromatic heterocycles. The Balaban J connectivity index is 1.90. The van der Waals surface area contributed by atoms with Gasteiger partial charge in [-0.05, 0) is 37.5 Å². The Morgan fingerprint density at radius 2 is 2.06 bits per heavy atom. The normalized spacial score (nSPS) is 16.2. The summed E-state index contributed by atoms with van der Waals surface area (Å²) in [6.07, 6.45) is 1.76. The van der Waals surface area contributed by atoms with Gasteiger partial charge in [0.2, 0.25) is 5.91 Å². The third kappa shape index (κ3) is 3.47. The van der Waals surface area contributed by atoms with Crippen LogP contribution in [0.2, 0.25) is 0 Å². The van der Waals surface area contributed by atoms with Crippen molar-refractivity contribution in [2.45, 2.75) is 31.9 Å². The van der Waals surface area contributed by atoms with Crippen LogP contribution in [0.25, 0.3) is 0 Å². The van der Waals surface area contributed by atoms with Crippen molar-refractivity contribution in [2.75, 3.05) is 18.5 Å². The first-order valence-electron chi connectivity index (χ1n) is 6.35. The summed E-state index contributed by atoms with van der Waals surface area (Å²) in [6.45, 7) is 2.10. The van der Waals surface area contributed by atoms with Gasteiger partial charge in [-0.1, -0.05) is 12.1 Å². The number of nitrogens with zero attached hydrogens (tertiary/aromatic N) is 1. The molecule has 0 bridgehead atoms. The van der Waals surface area contributed by atoms with Crippen LogP contribution in [0.5, 0.6) is 0 Å². The zero-order valence-electron chi connectivity index (χ0n) is 10.9. The Morgan fingerprint density at radius 3 is 2.56 bits per heavy atom. The minimum atomic E-state index is -0.456. The monoisotopic (exact) mass is 248 g/mol. The minimum absolute atomic E-state index is 0.0691. The molecule has 98 valence electrons. The molecule has 1 aromatic rings. The largest absolute Gasteiger partial charge is 0.389 e. The number of hydrogen-bond acceptors (Lipinski definition) is 3. The number of aliphatic hydroxyl groups is 1. The second-order valence-corrected chi connectivity index (χ2v) is 4.97. The van der Waals surface area contributed by atoms with E-state index in [1.54, 1.807) is 6.92 Å². The number of anilines is 1. The van der Waals surface area contributed by atoms with Crippen LogP contribution in [-0.2, 0) is 4.79 Å². The Morgan fingerprint density at radius 1 is 1.44 bits per heavy atom. The molecule has 0 radical (unpaired) electrons. The smallest absolute Gasteiger partial charge is 0.239 e. The topological polar surface area (TPSA) is 52.6 Å². The van der Waals surface area contributed by atoms with Crippen molar-refractivity contribution in [3.63, 3.8) is 0 Å². The average molecular weight is 248 g/mol. The molecular weight excluding hydrogens is 228 g/mol. The number of aliphatic hydroxyl groups excluding tert-OH is 1. The molecule has 0 saturated heterocycles. The van der Waals surface area contributed by atoms with Gasteiger partial charge < -0.3 is 15.3 Å². The Kier molecular flexibility index (Phi) is 3.87. The first kappa shape index (κ1) is 12.9. The number of hydrogen-bond donors (Lipinski definition) is 2. The molecule has 1 saturated carbocycles. The fourth-order valence-electron chi connectivity index (χ4n) is 1.82. The van der Waals surface area contributed by atoms with Crippen molar-refractivity contribution in [1.82, 2.24) is 5.32 Å². The summed E-state index contributed by atoms with van der Waals surface area (Å²) in [7, 11) is 1.89. The van der Waals surface area contributed by atoms with E-state index in [2.05, 4.69) is 5.32 Å². The maximum atomic E-state index is 11.7. The van der Waals surface area contributed by atoms with Crippen LogP contribution in [0, 0.1) is 0 Å². The Hall–Kier alpha value is -1.55. The van der Waals surface area contributed by atoms with Crippen LogP contribution in [0.1, 0.15) is 31.4 Å². The molecule has 1 unspecified atom stereocenters. The number of carbonyl (C=O) groups is 1. The molecule has 4 nitrogen and oxygen atoms in total. The summed E-state index contributed by atoms with van der Waals surface area (Å²) in [5.41, 5.74) is 1.86. The van der Waals surface area contributed by atoms with Gasteiger partial charge >= 0.3 is 0 Å². The van der Waals surface area contributed by atoms with Crippen molar-refractivity contribution in [3.05, 3.63) is 29.8 Å². The highest BCUT2D eigenvalue weighted by molar-refractivity contribution is 5.81. The lowest BCUT2D eigenvalue weighted by atomic mass is 10.1. The highest BCUT2D eigenvalue weighted by Crippen LogP contribution is 2.20. The van der Waals surface area contributed by atoms with Crippen LogP contribution in [-0.4, -0.2) is 30.6 Å². The number of likely N-dealkylation sites (N-methyl/N-ethyl adjacent to an activating group) is 1. The van der Waals surface area contributed by atoms with E-state index in [1.165, 1.54) is 0 Å². The average Bonchev–Trinajstić information content (AvgIpc) is 3.12. The summed E-state index contributed by atoms with van der Waals surface area (Å²) in [5.74, 6) is 0.0691. The lowest BCUT2D eigenvalue weighted by molar-refractivity contribution is -0.119. The molecule has 1 atom stereocenters. The van der Waals surface area contributed by atoms with Gasteiger partial charge in [0.25, 0.3) is 0 Å². The molecule has 0 spiro atoms. The highest BCUT2D eigenvalue weighted by Gasteiger charge is 2.23. The van der Waals surface area contributed by atoms with E-state index in [-0.39, 0.29) is 5.91 Å². The number of carbonyl (C=O) groups excluding carboxylic acids is 1. The van der Waals surface area contributed by atoms with Crippen LogP contribution in [0.15, 0.2) is 24.3 Å². The molecule has 1 aromatic carbocycles. The van der Waals surface area contributed by atoms with Crippen LogP contribution < -0.4 is 10.2 Å². The highest BCUT2D eigenvalue weighted by atomic mass is 16.3. The molecule has 18 heavy (non-hydrogen) atoms. The standard InChI is InChI=1S/C14H20N2O2/c1-10(17)11-3-7-13(8-4-11)16(2)9-14(18)15-12-5-6-12/h3-4,7-8,10,12,17H,5-6,9H2,1-2H3,(H,15,18). The lowest BCUT2D eigenvalue weighted by Gasteiger charge is -2.19. The lowest BCUT2D eigenvalue weighted by Crippen LogP contribution is -2.36. The van der Waals surface area contributed by atoms with Crippen molar-refractivity contribution in [1.29, 1.82) is 0 Å². The quantitative estimate of drug-likeness (QED) is 0.829. The third-order valence-corrected chi connectivity index (χ3v) is 3.14. The van der Waals surface area contributed by atoms with E-state index in [4.69, 9.17) is 0 Å². The van der Waals surface area contributed by atoms with Gasteiger partial charge in [0, 0.05) is 18.8 Å². The molecule has 2 rings (SSSR count). The Labute approximate surface area is 108 Å². The molecule has 0 heterocycles. The predicted octanol–water partition coefficient (Wildman–Crippen LogP) is 1.45. The van der Waals surface area contributed by atoms with E-state index in [9.17, 15) is 9.90 Å². The van der Waals surface area contributed by atoms with Crippen LogP contribution >= 0.6 is 0 Å². The van der Waals surface area contributed by atoms with Crippen molar-refractivity contribution in [2.24, 2.45) is 0 Å². The number of nitrogens with one attached hydrogen (secondary N) is 1. The predicted molar refractivity (Wildman–Crippen MR) is 71.5 cm³/mol. The van der Waals surface area contributed by atoms with Gasteiger partial charge in [-0.3, -0.25) is 4.79 Å². The van der Waals surface area contributed by atoms with Crippen molar-refractivity contribution in [3.8, 4) is 0 Å². The molecule has 4 heteroatoms. The summed E-state index contributed by atoms with van der Waals surface area (Å²) >= 11 is 0. The van der Waals surface area contributed by atoms with Crippen LogP contribution in [0.4, 0.5) is 5.69 Å². The molecule has 0 aliphatic heterocycles. The van der Waals surface area contributed by atoms with Crippen molar-refractivity contribution >= 4 is 11.6 Å². The van der Waals surface area contributed by atoms with E-state index in [1.807, 2.05) is 36.2 Å². The number of amides is 1. The van der Waals surface area contributed by atoms with Gasteiger partial charge in [-0.2, -0.15) is 0 Å². The second kappa shape index (κ2) is 5.40. The summed E-state index contributed by atoms with van der Waals surface area (Å²) in [5, 5.41) is 12.4. The molecule has 2 N–H and O–H groups in total. The Bertz CT molecular complexity index is 410. The van der Waals surface area contributed by atoms with E-state index < -0.39 is 6.10 Å². The van der Waals surface area contributed by atoms with Gasteiger partial charge in [-0.15, -0.1) is 0 Å². The molecule has 1 aliphatic carbocycles. The third-order valence-electron chi connectivity index (χ3n) is 3.14. The summed E-state index contributed by atoms with van der Waals surface area (Å²) in [6, 6.07) is 8.02. The van der Waals surface area contributed by atoms with E-state index in [0.29, 0.717) is 12.6 Å². The first-order chi connectivity index (χ1) is 8.56. The molecule has 1 fully saturated rings. The van der Waals surface area contributed by atoms with Gasteiger partial charge in [0.05, 0.1) is 12.6 Å². The number of benzene rings is 1. The molecule has 1 aliphatic rings. The van der Waals surface area contributed by atoms with Crippen molar-refractivity contribution < 1.29 is 9.90 Å².